The van der Waals surface area contributed by atoms with Crippen molar-refractivity contribution in [3.8, 4) is 0 Å². The number of aromatic nitrogens is 1. The molecule has 0 radical (unpaired) electrons. The minimum Gasteiger partial charge on any atom is -0.339 e. The molecular formula is C14H21N3O. The maximum absolute atomic E-state index is 12.2. The van der Waals surface area contributed by atoms with E-state index in [0.717, 1.165) is 25.1 Å². The van der Waals surface area contributed by atoms with E-state index in [-0.39, 0.29) is 11.9 Å². The lowest BCUT2D eigenvalue weighted by molar-refractivity contribution is -0.132. The van der Waals surface area contributed by atoms with Gasteiger partial charge in [0.1, 0.15) is 0 Å². The average molecular weight is 247 g/mol. The Kier molecular flexibility index (Phi) is 4.31. The van der Waals surface area contributed by atoms with Crippen molar-refractivity contribution in [3.05, 3.63) is 30.1 Å². The van der Waals surface area contributed by atoms with Gasteiger partial charge >= 0.3 is 0 Å². The zero-order valence-electron chi connectivity index (χ0n) is 11.1. The summed E-state index contributed by atoms with van der Waals surface area (Å²) in [5.41, 5.74) is 1.13. The highest BCUT2D eigenvalue weighted by molar-refractivity contribution is 5.76. The summed E-state index contributed by atoms with van der Waals surface area (Å²) < 4.78 is 0. The highest BCUT2D eigenvalue weighted by atomic mass is 16.2. The summed E-state index contributed by atoms with van der Waals surface area (Å²) in [6.07, 6.45) is 5.30. The van der Waals surface area contributed by atoms with E-state index >= 15 is 0 Å². The number of pyridine rings is 1. The normalized spacial score (nSPS) is 20.7. The monoisotopic (exact) mass is 247 g/mol. The first-order chi connectivity index (χ1) is 8.68. The van der Waals surface area contributed by atoms with Crippen molar-refractivity contribution >= 4 is 5.91 Å². The predicted octanol–water partition coefficient (Wildman–Crippen LogP) is 1.60. The van der Waals surface area contributed by atoms with Gasteiger partial charge in [0, 0.05) is 25.9 Å². The molecule has 1 aromatic rings. The van der Waals surface area contributed by atoms with Crippen LogP contribution in [-0.2, 0) is 4.79 Å². The molecule has 0 spiro atoms. The zero-order valence-corrected chi connectivity index (χ0v) is 11.1. The Labute approximate surface area is 108 Å². The van der Waals surface area contributed by atoms with Crippen molar-refractivity contribution < 1.29 is 4.79 Å². The summed E-state index contributed by atoms with van der Waals surface area (Å²) >= 11 is 0. The van der Waals surface area contributed by atoms with Crippen LogP contribution in [0.3, 0.4) is 0 Å². The van der Waals surface area contributed by atoms with Gasteiger partial charge in [-0.3, -0.25) is 9.78 Å². The Morgan fingerprint density at radius 3 is 2.89 bits per heavy atom. The number of hydrogen-bond acceptors (Lipinski definition) is 3. The highest BCUT2D eigenvalue weighted by Crippen LogP contribution is 2.21. The zero-order chi connectivity index (χ0) is 13.0. The van der Waals surface area contributed by atoms with Crippen LogP contribution in [0.25, 0.3) is 0 Å². The van der Waals surface area contributed by atoms with Crippen LogP contribution in [0.4, 0.5) is 0 Å². The Morgan fingerprint density at radius 2 is 2.28 bits per heavy atom. The second kappa shape index (κ2) is 5.96. The van der Waals surface area contributed by atoms with Gasteiger partial charge in [-0.2, -0.15) is 0 Å². The molecule has 4 heteroatoms. The van der Waals surface area contributed by atoms with Crippen molar-refractivity contribution in [1.29, 1.82) is 0 Å². The molecule has 1 aliphatic heterocycles. The molecule has 1 aromatic heterocycles. The minimum atomic E-state index is 0.106. The van der Waals surface area contributed by atoms with Crippen LogP contribution >= 0.6 is 0 Å². The van der Waals surface area contributed by atoms with Gasteiger partial charge in [-0.15, -0.1) is 0 Å². The van der Waals surface area contributed by atoms with Crippen LogP contribution in [-0.4, -0.2) is 35.9 Å². The number of nitrogens with one attached hydrogen (secondary N) is 1. The third-order valence-corrected chi connectivity index (χ3v) is 3.79. The molecule has 0 aliphatic carbocycles. The van der Waals surface area contributed by atoms with Gasteiger partial charge in [0.05, 0.1) is 6.04 Å². The van der Waals surface area contributed by atoms with E-state index in [1.165, 1.54) is 0 Å². The summed E-state index contributed by atoms with van der Waals surface area (Å²) in [6, 6.07) is 4.03. The molecule has 4 nitrogen and oxygen atoms in total. The maximum Gasteiger partial charge on any atom is 0.223 e. The molecule has 1 N–H and O–H groups in total. The molecule has 1 fully saturated rings. The second-order valence-electron chi connectivity index (χ2n) is 5.02. The van der Waals surface area contributed by atoms with Gasteiger partial charge < -0.3 is 10.2 Å². The van der Waals surface area contributed by atoms with E-state index in [1.807, 2.05) is 24.1 Å². The van der Waals surface area contributed by atoms with Crippen LogP contribution in [0.1, 0.15) is 31.4 Å². The molecule has 0 saturated carbocycles. The summed E-state index contributed by atoms with van der Waals surface area (Å²) in [7, 11) is 1.88. The van der Waals surface area contributed by atoms with Gasteiger partial charge in [-0.25, -0.2) is 0 Å². The summed E-state index contributed by atoms with van der Waals surface area (Å²) in [6.45, 7) is 4.07. The average Bonchev–Trinajstić information content (AvgIpc) is 2.91. The Balaban J connectivity index is 1.93. The minimum absolute atomic E-state index is 0.106. The molecule has 1 aliphatic rings. The molecule has 2 atom stereocenters. The van der Waals surface area contributed by atoms with Gasteiger partial charge in [0.25, 0.3) is 0 Å². The molecule has 0 aromatic carbocycles. The molecule has 1 amide bonds. The van der Waals surface area contributed by atoms with Crippen LogP contribution < -0.4 is 5.32 Å². The van der Waals surface area contributed by atoms with Crippen molar-refractivity contribution in [2.45, 2.75) is 25.8 Å². The molecular weight excluding hydrogens is 226 g/mol. The van der Waals surface area contributed by atoms with E-state index < -0.39 is 0 Å². The van der Waals surface area contributed by atoms with Crippen LogP contribution in [0, 0.1) is 5.92 Å². The van der Waals surface area contributed by atoms with E-state index in [9.17, 15) is 4.79 Å². The highest BCUT2D eigenvalue weighted by Gasteiger charge is 2.23. The van der Waals surface area contributed by atoms with Crippen molar-refractivity contribution in [2.24, 2.45) is 5.92 Å². The third kappa shape index (κ3) is 3.07. The van der Waals surface area contributed by atoms with Gasteiger partial charge in [-0.1, -0.05) is 0 Å². The molecule has 18 heavy (non-hydrogen) atoms. The Hall–Kier alpha value is -1.42. The Morgan fingerprint density at radius 1 is 1.56 bits per heavy atom. The molecule has 98 valence electrons. The standard InChI is InChI=1S/C14H21N3O/c1-11(13-4-7-15-8-5-13)17(2)14(18)9-12-3-6-16-10-12/h4-5,7-8,11-12,16H,3,6,9-10H2,1-2H3. The largest absolute Gasteiger partial charge is 0.339 e. The SMILES string of the molecule is CC(c1ccncc1)N(C)C(=O)CC1CCNC1. The molecule has 2 heterocycles. The predicted molar refractivity (Wildman–Crippen MR) is 71.0 cm³/mol. The van der Waals surface area contributed by atoms with E-state index in [4.69, 9.17) is 0 Å². The van der Waals surface area contributed by atoms with Crippen LogP contribution in [0.5, 0.6) is 0 Å². The topological polar surface area (TPSA) is 45.2 Å². The number of amides is 1. The first-order valence-corrected chi connectivity index (χ1v) is 6.54. The summed E-state index contributed by atoms with van der Waals surface area (Å²) in [5, 5.41) is 3.30. The molecule has 1 saturated heterocycles. The smallest absolute Gasteiger partial charge is 0.223 e. The fraction of sp³-hybridized carbons (Fsp3) is 0.571. The van der Waals surface area contributed by atoms with Gasteiger partial charge in [0.15, 0.2) is 0 Å². The third-order valence-electron chi connectivity index (χ3n) is 3.79. The lowest BCUT2D eigenvalue weighted by Crippen LogP contribution is -2.31. The van der Waals surface area contributed by atoms with Crippen molar-refractivity contribution in [3.63, 3.8) is 0 Å². The van der Waals surface area contributed by atoms with Crippen molar-refractivity contribution in [1.82, 2.24) is 15.2 Å². The maximum atomic E-state index is 12.2. The Bertz CT molecular complexity index is 387. The second-order valence-corrected chi connectivity index (χ2v) is 5.02. The fourth-order valence-corrected chi connectivity index (χ4v) is 2.36. The van der Waals surface area contributed by atoms with Crippen LogP contribution in [0.2, 0.25) is 0 Å². The summed E-state index contributed by atoms with van der Waals surface area (Å²) in [5.74, 6) is 0.734. The quantitative estimate of drug-likeness (QED) is 0.879. The molecule has 2 unspecified atom stereocenters. The molecule has 2 rings (SSSR count). The summed E-state index contributed by atoms with van der Waals surface area (Å²) in [4.78, 5) is 18.0. The first kappa shape index (κ1) is 13.0. The number of hydrogen-bond donors (Lipinski definition) is 1. The lowest BCUT2D eigenvalue weighted by Gasteiger charge is -2.26. The van der Waals surface area contributed by atoms with E-state index in [2.05, 4.69) is 17.2 Å². The fourth-order valence-electron chi connectivity index (χ4n) is 2.36. The number of rotatable bonds is 4. The lowest BCUT2D eigenvalue weighted by atomic mass is 10.0. The van der Waals surface area contributed by atoms with E-state index in [1.54, 1.807) is 12.4 Å². The van der Waals surface area contributed by atoms with Crippen LogP contribution in [0.15, 0.2) is 24.5 Å². The molecule has 0 bridgehead atoms. The van der Waals surface area contributed by atoms with Gasteiger partial charge in [-0.05, 0) is 50.0 Å². The number of carbonyl (C=O) groups is 1. The van der Waals surface area contributed by atoms with Gasteiger partial charge in [0.2, 0.25) is 5.91 Å². The van der Waals surface area contributed by atoms with Crippen molar-refractivity contribution in [2.75, 3.05) is 20.1 Å². The number of carbonyl (C=O) groups excluding carboxylic acids is 1. The van der Waals surface area contributed by atoms with E-state index in [0.29, 0.717) is 12.3 Å². The first-order valence-electron chi connectivity index (χ1n) is 6.54. The number of nitrogens with zero attached hydrogens (tertiary/aromatic N) is 2.